The van der Waals surface area contributed by atoms with Crippen LogP contribution < -0.4 is 5.32 Å². The van der Waals surface area contributed by atoms with Crippen molar-refractivity contribution in [2.45, 2.75) is 26.6 Å². The van der Waals surface area contributed by atoms with E-state index in [-0.39, 0.29) is 11.8 Å². The molecule has 0 aliphatic heterocycles. The van der Waals surface area contributed by atoms with Crippen LogP contribution in [0.15, 0.2) is 90.6 Å². The zero-order valence-corrected chi connectivity index (χ0v) is 19.2. The van der Waals surface area contributed by atoms with Gasteiger partial charge in [-0.05, 0) is 58.8 Å². The lowest BCUT2D eigenvalue weighted by atomic mass is 10.1. The average Bonchev–Trinajstić information content (AvgIpc) is 3.39. The standard InChI is InChI=1S/C27H25N3O2S/c1-20-6-2-3-8-24(20)19-30(18-22-7-4-14-28-16-22)27(32)23-12-10-21(11-13-23)17-29-26(31)25-9-5-15-33-25/h2-16H,17-19H2,1H3,(H,29,31). The molecule has 2 aromatic carbocycles. The Kier molecular flexibility index (Phi) is 7.27. The summed E-state index contributed by atoms with van der Waals surface area (Å²) < 4.78 is 0. The molecule has 1 N–H and O–H groups in total. The van der Waals surface area contributed by atoms with Gasteiger partial charge in [-0.15, -0.1) is 11.3 Å². The third-order valence-electron chi connectivity index (χ3n) is 5.40. The van der Waals surface area contributed by atoms with Gasteiger partial charge in [0.05, 0.1) is 4.88 Å². The van der Waals surface area contributed by atoms with E-state index < -0.39 is 0 Å². The second kappa shape index (κ2) is 10.7. The van der Waals surface area contributed by atoms with Crippen molar-refractivity contribution in [3.8, 4) is 0 Å². The molecular formula is C27H25N3O2S. The number of hydrogen-bond acceptors (Lipinski definition) is 4. The summed E-state index contributed by atoms with van der Waals surface area (Å²) in [6, 6.07) is 23.0. The van der Waals surface area contributed by atoms with E-state index in [9.17, 15) is 9.59 Å². The van der Waals surface area contributed by atoms with Crippen molar-refractivity contribution in [1.29, 1.82) is 0 Å². The Morgan fingerprint density at radius 2 is 1.73 bits per heavy atom. The summed E-state index contributed by atoms with van der Waals surface area (Å²) in [6.45, 7) is 3.45. The number of hydrogen-bond donors (Lipinski definition) is 1. The normalized spacial score (nSPS) is 10.6. The number of aryl methyl sites for hydroxylation is 1. The molecule has 0 aliphatic rings. The van der Waals surface area contributed by atoms with Crippen LogP contribution >= 0.6 is 11.3 Å². The van der Waals surface area contributed by atoms with Crippen LogP contribution in [-0.2, 0) is 19.6 Å². The number of thiophene rings is 1. The highest BCUT2D eigenvalue weighted by Gasteiger charge is 2.18. The molecule has 166 valence electrons. The van der Waals surface area contributed by atoms with Crippen molar-refractivity contribution < 1.29 is 9.59 Å². The number of carbonyl (C=O) groups excluding carboxylic acids is 2. The van der Waals surface area contributed by atoms with Gasteiger partial charge in [-0.2, -0.15) is 0 Å². The molecule has 2 heterocycles. The topological polar surface area (TPSA) is 62.3 Å². The highest BCUT2D eigenvalue weighted by atomic mass is 32.1. The lowest BCUT2D eigenvalue weighted by Crippen LogP contribution is -2.30. The van der Waals surface area contributed by atoms with Crippen molar-refractivity contribution in [2.24, 2.45) is 0 Å². The summed E-state index contributed by atoms with van der Waals surface area (Å²) in [4.78, 5) is 32.3. The van der Waals surface area contributed by atoms with Crippen LogP contribution in [0.25, 0.3) is 0 Å². The van der Waals surface area contributed by atoms with Crippen LogP contribution in [0.5, 0.6) is 0 Å². The molecule has 5 nitrogen and oxygen atoms in total. The molecule has 0 radical (unpaired) electrons. The summed E-state index contributed by atoms with van der Waals surface area (Å²) in [5.41, 5.74) is 4.79. The van der Waals surface area contributed by atoms with Gasteiger partial charge in [0.2, 0.25) is 0 Å². The van der Waals surface area contributed by atoms with Gasteiger partial charge in [-0.3, -0.25) is 14.6 Å². The van der Waals surface area contributed by atoms with Gasteiger partial charge in [0, 0.05) is 37.6 Å². The second-order valence-electron chi connectivity index (χ2n) is 7.81. The predicted octanol–water partition coefficient (Wildman–Crippen LogP) is 5.22. The minimum absolute atomic E-state index is 0.0451. The van der Waals surface area contributed by atoms with E-state index in [2.05, 4.69) is 29.4 Å². The monoisotopic (exact) mass is 455 g/mol. The van der Waals surface area contributed by atoms with E-state index >= 15 is 0 Å². The molecule has 4 rings (SSSR count). The van der Waals surface area contributed by atoms with Gasteiger partial charge in [0.1, 0.15) is 0 Å². The summed E-state index contributed by atoms with van der Waals surface area (Å²) in [6.07, 6.45) is 3.52. The smallest absolute Gasteiger partial charge is 0.261 e. The molecule has 4 aromatic rings. The molecule has 0 saturated carbocycles. The molecule has 2 aromatic heterocycles. The summed E-state index contributed by atoms with van der Waals surface area (Å²) in [5.74, 6) is -0.137. The van der Waals surface area contributed by atoms with Crippen molar-refractivity contribution in [1.82, 2.24) is 15.2 Å². The van der Waals surface area contributed by atoms with E-state index in [0.29, 0.717) is 30.1 Å². The van der Waals surface area contributed by atoms with Gasteiger partial charge in [-0.25, -0.2) is 0 Å². The molecule has 0 saturated heterocycles. The van der Waals surface area contributed by atoms with Gasteiger partial charge >= 0.3 is 0 Å². The van der Waals surface area contributed by atoms with Crippen LogP contribution in [0, 0.1) is 6.92 Å². The fourth-order valence-corrected chi connectivity index (χ4v) is 4.17. The molecule has 0 fully saturated rings. The van der Waals surface area contributed by atoms with Crippen LogP contribution in [0.3, 0.4) is 0 Å². The first-order valence-corrected chi connectivity index (χ1v) is 11.6. The maximum Gasteiger partial charge on any atom is 0.261 e. The Morgan fingerprint density at radius 3 is 2.42 bits per heavy atom. The molecule has 0 atom stereocenters. The average molecular weight is 456 g/mol. The Bertz CT molecular complexity index is 1210. The molecular weight excluding hydrogens is 430 g/mol. The quantitative estimate of drug-likeness (QED) is 0.396. The van der Waals surface area contributed by atoms with E-state index in [1.165, 1.54) is 11.3 Å². The van der Waals surface area contributed by atoms with Gasteiger partial charge < -0.3 is 10.2 Å². The number of pyridine rings is 1. The van der Waals surface area contributed by atoms with Crippen LogP contribution in [0.2, 0.25) is 0 Å². The Labute approximate surface area is 197 Å². The van der Waals surface area contributed by atoms with Gasteiger partial charge in [0.15, 0.2) is 0 Å². The van der Waals surface area contributed by atoms with E-state index in [0.717, 1.165) is 22.3 Å². The zero-order valence-electron chi connectivity index (χ0n) is 18.4. The summed E-state index contributed by atoms with van der Waals surface area (Å²) in [5, 5.41) is 4.79. The van der Waals surface area contributed by atoms with Crippen molar-refractivity contribution in [2.75, 3.05) is 0 Å². The SMILES string of the molecule is Cc1ccccc1CN(Cc1cccnc1)C(=O)c1ccc(CNC(=O)c2cccs2)cc1. The largest absolute Gasteiger partial charge is 0.347 e. The van der Waals surface area contributed by atoms with Crippen molar-refractivity contribution in [3.05, 3.63) is 123 Å². The maximum atomic E-state index is 13.4. The molecule has 0 aliphatic carbocycles. The summed E-state index contributed by atoms with van der Waals surface area (Å²) in [7, 11) is 0. The predicted molar refractivity (Wildman–Crippen MR) is 131 cm³/mol. The molecule has 2 amide bonds. The van der Waals surface area contributed by atoms with Crippen molar-refractivity contribution >= 4 is 23.2 Å². The minimum atomic E-state index is -0.0916. The summed E-state index contributed by atoms with van der Waals surface area (Å²) >= 11 is 1.41. The molecule has 6 heteroatoms. The highest BCUT2D eigenvalue weighted by molar-refractivity contribution is 7.12. The number of rotatable bonds is 8. The van der Waals surface area contributed by atoms with Crippen LogP contribution in [-0.4, -0.2) is 21.7 Å². The minimum Gasteiger partial charge on any atom is -0.347 e. The van der Waals surface area contributed by atoms with Crippen LogP contribution in [0.1, 0.15) is 42.3 Å². The number of benzene rings is 2. The number of carbonyl (C=O) groups is 2. The maximum absolute atomic E-state index is 13.4. The van der Waals surface area contributed by atoms with Crippen LogP contribution in [0.4, 0.5) is 0 Å². The van der Waals surface area contributed by atoms with E-state index in [1.54, 1.807) is 18.5 Å². The Morgan fingerprint density at radius 1 is 0.909 bits per heavy atom. The first-order chi connectivity index (χ1) is 16.1. The third kappa shape index (κ3) is 5.93. The molecule has 0 unspecified atom stereocenters. The zero-order chi connectivity index (χ0) is 23.0. The molecule has 33 heavy (non-hydrogen) atoms. The first kappa shape index (κ1) is 22.4. The van der Waals surface area contributed by atoms with E-state index in [4.69, 9.17) is 0 Å². The molecule has 0 spiro atoms. The Hall–Kier alpha value is -3.77. The van der Waals surface area contributed by atoms with Gasteiger partial charge in [-0.1, -0.05) is 48.5 Å². The number of amides is 2. The number of nitrogens with one attached hydrogen (secondary N) is 1. The second-order valence-corrected chi connectivity index (χ2v) is 8.75. The highest BCUT2D eigenvalue weighted by Crippen LogP contribution is 2.17. The van der Waals surface area contributed by atoms with E-state index in [1.807, 2.05) is 64.9 Å². The third-order valence-corrected chi connectivity index (χ3v) is 6.27. The number of aromatic nitrogens is 1. The fourth-order valence-electron chi connectivity index (χ4n) is 3.53. The lowest BCUT2D eigenvalue weighted by Gasteiger charge is -2.24. The first-order valence-electron chi connectivity index (χ1n) is 10.7. The fraction of sp³-hybridized carbons (Fsp3) is 0.148. The molecule has 0 bridgehead atoms. The van der Waals surface area contributed by atoms with Gasteiger partial charge in [0.25, 0.3) is 11.8 Å². The van der Waals surface area contributed by atoms with Crippen molar-refractivity contribution in [3.63, 3.8) is 0 Å². The Balaban J connectivity index is 1.47. The number of nitrogens with zero attached hydrogens (tertiary/aromatic N) is 2. The lowest BCUT2D eigenvalue weighted by molar-refractivity contribution is 0.0729.